The number of hydrogen-bond acceptors (Lipinski definition) is 8. The summed E-state index contributed by atoms with van der Waals surface area (Å²) in [4.78, 5) is 30.4. The highest BCUT2D eigenvalue weighted by atomic mass is 32.1. The minimum Gasteiger partial charge on any atom is -0.462 e. The van der Waals surface area contributed by atoms with Gasteiger partial charge in [-0.15, -0.1) is 16.4 Å². The van der Waals surface area contributed by atoms with Gasteiger partial charge in [0.15, 0.2) is 5.82 Å². The van der Waals surface area contributed by atoms with Crippen LogP contribution in [0.4, 0.5) is 0 Å². The molecule has 154 valence electrons. The second-order valence-electron chi connectivity index (χ2n) is 6.52. The molecule has 4 aromatic heterocycles. The summed E-state index contributed by atoms with van der Waals surface area (Å²) in [6, 6.07) is 14.4. The van der Waals surface area contributed by atoms with Crippen molar-refractivity contribution >= 4 is 39.7 Å². The van der Waals surface area contributed by atoms with Gasteiger partial charge in [-0.25, -0.2) is 4.79 Å². The van der Waals surface area contributed by atoms with Gasteiger partial charge in [-0.2, -0.15) is 9.50 Å². The number of benzene rings is 1. The molecule has 5 rings (SSSR count). The Morgan fingerprint density at radius 3 is 2.74 bits per heavy atom. The molecule has 0 unspecified atom stereocenters. The molecule has 4 heterocycles. The minimum absolute atomic E-state index is 0.230. The summed E-state index contributed by atoms with van der Waals surface area (Å²) in [6.07, 6.45) is 1.69. The molecule has 5 aromatic rings. The predicted octanol–water partition coefficient (Wildman–Crippen LogP) is 3.86. The van der Waals surface area contributed by atoms with Gasteiger partial charge < -0.3 is 9.15 Å². The first kappa shape index (κ1) is 19.4. The molecule has 31 heavy (non-hydrogen) atoms. The normalized spacial score (nSPS) is 12.0. The van der Waals surface area contributed by atoms with Crippen molar-refractivity contribution in [2.24, 2.45) is 0 Å². The van der Waals surface area contributed by atoms with Gasteiger partial charge in [-0.3, -0.25) is 4.79 Å². The van der Waals surface area contributed by atoms with Crippen molar-refractivity contribution in [2.45, 2.75) is 6.92 Å². The Labute approximate surface area is 183 Å². The first-order valence-corrected chi connectivity index (χ1v) is 11.1. The Morgan fingerprint density at radius 1 is 1.19 bits per heavy atom. The van der Waals surface area contributed by atoms with E-state index < -0.39 is 0 Å². The Balaban J connectivity index is 1.43. The fraction of sp³-hybridized carbons (Fsp3) is 0.0909. The number of carbonyl (C=O) groups is 1. The monoisotopic (exact) mass is 449 g/mol. The number of esters is 1. The average Bonchev–Trinajstić information content (AvgIpc) is 3.56. The second kappa shape index (κ2) is 7.93. The standard InChI is InChI=1S/C22H15N3O4S2/c1-2-28-21(27)14-7-5-13(6-8-14)16-10-9-15(29-16)12-18-20(26)25-22(31-18)23-19(24-25)17-4-3-11-30-17/h3-12H,2H2,1H3/b18-12+. The molecule has 0 aliphatic heterocycles. The van der Waals surface area contributed by atoms with Gasteiger partial charge >= 0.3 is 5.97 Å². The molecule has 0 aliphatic rings. The molecule has 0 bridgehead atoms. The van der Waals surface area contributed by atoms with Crippen molar-refractivity contribution in [1.29, 1.82) is 0 Å². The Morgan fingerprint density at radius 2 is 2.03 bits per heavy atom. The van der Waals surface area contributed by atoms with Crippen LogP contribution < -0.4 is 10.1 Å². The summed E-state index contributed by atoms with van der Waals surface area (Å²) < 4.78 is 12.7. The van der Waals surface area contributed by atoms with E-state index >= 15 is 0 Å². The van der Waals surface area contributed by atoms with E-state index in [0.29, 0.717) is 39.0 Å². The van der Waals surface area contributed by atoms with E-state index in [1.54, 1.807) is 43.3 Å². The van der Waals surface area contributed by atoms with Crippen LogP contribution in [0.3, 0.4) is 0 Å². The SMILES string of the molecule is CCOC(=O)c1ccc(-c2ccc(/C=c3/sc4nc(-c5cccs5)nn4c3=O)o2)cc1. The smallest absolute Gasteiger partial charge is 0.338 e. The number of carbonyl (C=O) groups excluding carboxylic acids is 1. The quantitative estimate of drug-likeness (QED) is 0.379. The first-order valence-electron chi connectivity index (χ1n) is 9.45. The van der Waals surface area contributed by atoms with Crippen LogP contribution in [0.1, 0.15) is 23.0 Å². The maximum atomic E-state index is 12.7. The third kappa shape index (κ3) is 3.69. The summed E-state index contributed by atoms with van der Waals surface area (Å²) in [6.45, 7) is 2.10. The average molecular weight is 450 g/mol. The Kier molecular flexibility index (Phi) is 4.97. The summed E-state index contributed by atoms with van der Waals surface area (Å²) in [5.74, 6) is 1.37. The molecule has 7 nitrogen and oxygen atoms in total. The first-order chi connectivity index (χ1) is 15.1. The maximum absolute atomic E-state index is 12.7. The highest BCUT2D eigenvalue weighted by molar-refractivity contribution is 7.15. The zero-order valence-corrected chi connectivity index (χ0v) is 17.9. The molecule has 0 saturated heterocycles. The van der Waals surface area contributed by atoms with E-state index in [4.69, 9.17) is 9.15 Å². The molecule has 0 N–H and O–H groups in total. The van der Waals surface area contributed by atoms with Gasteiger partial charge in [0.1, 0.15) is 16.1 Å². The lowest BCUT2D eigenvalue weighted by Crippen LogP contribution is -2.23. The number of ether oxygens (including phenoxy) is 1. The van der Waals surface area contributed by atoms with E-state index in [1.807, 2.05) is 23.6 Å². The number of thiazole rings is 1. The van der Waals surface area contributed by atoms with Crippen LogP contribution in [0.25, 0.3) is 33.1 Å². The summed E-state index contributed by atoms with van der Waals surface area (Å²) in [5, 5.41) is 6.28. The number of nitrogens with zero attached hydrogens (tertiary/aromatic N) is 3. The molecule has 0 aliphatic carbocycles. The van der Waals surface area contributed by atoms with Crippen LogP contribution in [-0.2, 0) is 4.74 Å². The zero-order valence-electron chi connectivity index (χ0n) is 16.3. The molecule has 0 fully saturated rings. The van der Waals surface area contributed by atoms with Gasteiger partial charge in [-0.05, 0) is 42.6 Å². The summed E-state index contributed by atoms with van der Waals surface area (Å²) in [5.41, 5.74) is 1.07. The predicted molar refractivity (Wildman–Crippen MR) is 119 cm³/mol. The number of hydrogen-bond donors (Lipinski definition) is 0. The number of thiophene rings is 1. The van der Waals surface area contributed by atoms with Crippen molar-refractivity contribution in [3.63, 3.8) is 0 Å². The topological polar surface area (TPSA) is 86.7 Å². The lowest BCUT2D eigenvalue weighted by Gasteiger charge is -2.02. The van der Waals surface area contributed by atoms with Gasteiger partial charge in [0.25, 0.3) is 5.56 Å². The van der Waals surface area contributed by atoms with Crippen LogP contribution in [0.15, 0.2) is 63.1 Å². The van der Waals surface area contributed by atoms with Crippen LogP contribution in [0.2, 0.25) is 0 Å². The lowest BCUT2D eigenvalue weighted by atomic mass is 10.1. The van der Waals surface area contributed by atoms with Gasteiger partial charge in [0.05, 0.1) is 17.0 Å². The molecular weight excluding hydrogens is 434 g/mol. The van der Waals surface area contributed by atoms with E-state index in [1.165, 1.54) is 27.2 Å². The highest BCUT2D eigenvalue weighted by Gasteiger charge is 2.13. The second-order valence-corrected chi connectivity index (χ2v) is 8.48. The van der Waals surface area contributed by atoms with E-state index in [2.05, 4.69) is 10.1 Å². The number of aromatic nitrogens is 3. The van der Waals surface area contributed by atoms with Crippen molar-refractivity contribution in [3.05, 3.63) is 80.1 Å². The molecule has 1 aromatic carbocycles. The summed E-state index contributed by atoms with van der Waals surface area (Å²) >= 11 is 2.79. The Hall–Kier alpha value is -3.56. The molecule has 9 heteroatoms. The van der Waals surface area contributed by atoms with Gasteiger partial charge in [-0.1, -0.05) is 29.5 Å². The zero-order chi connectivity index (χ0) is 21.4. The molecular formula is C22H15N3O4S2. The number of rotatable bonds is 5. The largest absolute Gasteiger partial charge is 0.462 e. The fourth-order valence-corrected chi connectivity index (χ4v) is 4.58. The highest BCUT2D eigenvalue weighted by Crippen LogP contribution is 2.24. The molecule has 0 radical (unpaired) electrons. The van der Waals surface area contributed by atoms with Gasteiger partial charge in [0, 0.05) is 11.6 Å². The Bertz CT molecular complexity index is 1480. The van der Waals surface area contributed by atoms with Crippen molar-refractivity contribution in [1.82, 2.24) is 14.6 Å². The van der Waals surface area contributed by atoms with E-state index in [9.17, 15) is 9.59 Å². The van der Waals surface area contributed by atoms with Crippen molar-refractivity contribution < 1.29 is 13.9 Å². The van der Waals surface area contributed by atoms with Crippen LogP contribution in [0, 0.1) is 0 Å². The molecule has 0 spiro atoms. The third-order valence-electron chi connectivity index (χ3n) is 4.50. The van der Waals surface area contributed by atoms with Crippen LogP contribution in [0.5, 0.6) is 0 Å². The van der Waals surface area contributed by atoms with Crippen LogP contribution >= 0.6 is 22.7 Å². The van der Waals surface area contributed by atoms with Crippen molar-refractivity contribution in [3.8, 4) is 22.0 Å². The maximum Gasteiger partial charge on any atom is 0.338 e. The van der Waals surface area contributed by atoms with E-state index in [0.717, 1.165) is 10.4 Å². The molecule has 0 atom stereocenters. The van der Waals surface area contributed by atoms with Crippen LogP contribution in [-0.4, -0.2) is 27.2 Å². The molecule has 0 saturated carbocycles. The van der Waals surface area contributed by atoms with Gasteiger partial charge in [0.2, 0.25) is 4.96 Å². The molecule has 0 amide bonds. The van der Waals surface area contributed by atoms with Crippen molar-refractivity contribution in [2.75, 3.05) is 6.61 Å². The fourth-order valence-electron chi connectivity index (χ4n) is 3.04. The third-order valence-corrected chi connectivity index (χ3v) is 6.33. The minimum atomic E-state index is -0.357. The number of fused-ring (bicyclic) bond motifs is 1. The lowest BCUT2D eigenvalue weighted by molar-refractivity contribution is 0.0526. The summed E-state index contributed by atoms with van der Waals surface area (Å²) in [7, 11) is 0. The van der Waals surface area contributed by atoms with E-state index in [-0.39, 0.29) is 11.5 Å². The number of furan rings is 1.